The molecule has 3 aromatic rings. The van der Waals surface area contributed by atoms with E-state index in [1.54, 1.807) is 0 Å². The maximum Gasteiger partial charge on any atom is 0.251 e. The summed E-state index contributed by atoms with van der Waals surface area (Å²) < 4.78 is 6.26. The number of amides is 1. The zero-order valence-corrected chi connectivity index (χ0v) is 21.8. The largest absolute Gasteiger partial charge is 0.493 e. The molecule has 3 aromatic carbocycles. The van der Waals surface area contributed by atoms with E-state index in [2.05, 4.69) is 65.1 Å². The minimum absolute atomic E-state index is 0.0150. The fraction of sp³-hybridized carbons (Fsp3) is 0.452. The molecule has 0 bridgehead atoms. The summed E-state index contributed by atoms with van der Waals surface area (Å²) in [6, 6.07) is 20.6. The third-order valence-electron chi connectivity index (χ3n) is 7.41. The van der Waals surface area contributed by atoms with Gasteiger partial charge in [-0.1, -0.05) is 90.1 Å². The summed E-state index contributed by atoms with van der Waals surface area (Å²) in [6.07, 6.45) is 3.93. The Labute approximate surface area is 205 Å². The van der Waals surface area contributed by atoms with Crippen molar-refractivity contribution in [3.8, 4) is 5.75 Å². The zero-order valence-electron chi connectivity index (χ0n) is 21.8. The van der Waals surface area contributed by atoms with Gasteiger partial charge in [0.05, 0.1) is 6.61 Å². The predicted octanol–water partition coefficient (Wildman–Crippen LogP) is 7.80. The lowest BCUT2D eigenvalue weighted by atomic mass is 9.76. The van der Waals surface area contributed by atoms with Gasteiger partial charge in [0, 0.05) is 17.7 Å². The molecule has 0 saturated carbocycles. The number of fused-ring (bicyclic) bond motifs is 1. The first kappa shape index (κ1) is 25.8. The van der Waals surface area contributed by atoms with Gasteiger partial charge in [0.2, 0.25) is 0 Å². The van der Waals surface area contributed by atoms with Crippen LogP contribution in [-0.4, -0.2) is 19.1 Å². The van der Waals surface area contributed by atoms with Crippen LogP contribution in [0.2, 0.25) is 0 Å². The van der Waals surface area contributed by atoms with E-state index in [0.717, 1.165) is 47.8 Å². The zero-order chi connectivity index (χ0) is 24.8. The van der Waals surface area contributed by atoms with Crippen molar-refractivity contribution >= 4 is 16.7 Å². The number of benzene rings is 3. The van der Waals surface area contributed by atoms with Crippen LogP contribution in [0, 0.1) is 0 Å². The summed E-state index contributed by atoms with van der Waals surface area (Å²) in [4.78, 5) is 12.7. The quantitative estimate of drug-likeness (QED) is 0.297. The Balaban J connectivity index is 1.55. The standard InChI is InChI=1S/C31H41NO2/c1-7-30(3,4)24-18-19-28(27(22-24)31(5,6)8-2)34-21-12-11-20-32-29(33)26-17-13-15-23-14-9-10-16-25(23)26/h9-10,13-19,22H,7-8,11-12,20-21H2,1-6H3,(H,32,33). The monoisotopic (exact) mass is 459 g/mol. The molecule has 0 fully saturated rings. The number of hydrogen-bond acceptors (Lipinski definition) is 2. The number of carbonyl (C=O) groups excluding carboxylic acids is 1. The summed E-state index contributed by atoms with van der Waals surface area (Å²) in [6.45, 7) is 15.0. The lowest BCUT2D eigenvalue weighted by Gasteiger charge is -2.30. The molecule has 34 heavy (non-hydrogen) atoms. The van der Waals surface area contributed by atoms with Crippen LogP contribution in [0.1, 0.15) is 88.7 Å². The van der Waals surface area contributed by atoms with Crippen LogP contribution in [0.5, 0.6) is 5.75 Å². The maximum absolute atomic E-state index is 12.7. The molecule has 0 aliphatic rings. The number of unbranched alkanes of at least 4 members (excludes halogenated alkanes) is 1. The van der Waals surface area contributed by atoms with Crippen molar-refractivity contribution in [3.05, 3.63) is 77.4 Å². The van der Waals surface area contributed by atoms with Crippen LogP contribution in [-0.2, 0) is 10.8 Å². The first-order valence-electron chi connectivity index (χ1n) is 12.7. The van der Waals surface area contributed by atoms with E-state index in [-0.39, 0.29) is 16.7 Å². The van der Waals surface area contributed by atoms with Gasteiger partial charge in [-0.3, -0.25) is 4.79 Å². The van der Waals surface area contributed by atoms with Gasteiger partial charge >= 0.3 is 0 Å². The van der Waals surface area contributed by atoms with Crippen LogP contribution in [0.4, 0.5) is 0 Å². The number of ether oxygens (including phenoxy) is 1. The molecule has 0 heterocycles. The minimum Gasteiger partial charge on any atom is -0.493 e. The molecule has 1 N–H and O–H groups in total. The second-order valence-corrected chi connectivity index (χ2v) is 10.5. The molecule has 3 nitrogen and oxygen atoms in total. The average molecular weight is 460 g/mol. The average Bonchev–Trinajstić information content (AvgIpc) is 2.85. The molecule has 182 valence electrons. The Kier molecular flexibility index (Phi) is 8.41. The van der Waals surface area contributed by atoms with Gasteiger partial charge in [0.1, 0.15) is 5.75 Å². The third kappa shape index (κ3) is 6.00. The Morgan fingerprint density at radius 1 is 0.853 bits per heavy atom. The number of carbonyl (C=O) groups is 1. The number of hydrogen-bond donors (Lipinski definition) is 1. The Morgan fingerprint density at radius 2 is 1.56 bits per heavy atom. The van der Waals surface area contributed by atoms with E-state index in [0.29, 0.717) is 13.2 Å². The van der Waals surface area contributed by atoms with Crippen molar-refractivity contribution < 1.29 is 9.53 Å². The van der Waals surface area contributed by atoms with E-state index in [4.69, 9.17) is 4.74 Å². The van der Waals surface area contributed by atoms with Gasteiger partial charge in [0.25, 0.3) is 5.91 Å². The summed E-state index contributed by atoms with van der Waals surface area (Å²) in [5.74, 6) is 0.973. The van der Waals surface area contributed by atoms with Crippen LogP contribution >= 0.6 is 0 Å². The van der Waals surface area contributed by atoms with E-state index in [1.165, 1.54) is 11.1 Å². The van der Waals surface area contributed by atoms with Crippen molar-refractivity contribution in [1.29, 1.82) is 0 Å². The molecule has 0 unspecified atom stereocenters. The lowest BCUT2D eigenvalue weighted by Crippen LogP contribution is -2.25. The van der Waals surface area contributed by atoms with Gasteiger partial charge in [-0.05, 0) is 65.0 Å². The van der Waals surface area contributed by atoms with Gasteiger partial charge in [-0.25, -0.2) is 0 Å². The first-order chi connectivity index (χ1) is 16.2. The smallest absolute Gasteiger partial charge is 0.251 e. The minimum atomic E-state index is -0.0150. The van der Waals surface area contributed by atoms with Gasteiger partial charge in [-0.2, -0.15) is 0 Å². The highest BCUT2D eigenvalue weighted by molar-refractivity contribution is 6.06. The fourth-order valence-corrected chi connectivity index (χ4v) is 4.13. The molecule has 0 atom stereocenters. The Morgan fingerprint density at radius 3 is 2.29 bits per heavy atom. The molecule has 3 heteroatoms. The molecule has 0 aromatic heterocycles. The topological polar surface area (TPSA) is 38.3 Å². The van der Waals surface area contributed by atoms with Crippen molar-refractivity contribution in [2.24, 2.45) is 0 Å². The molecule has 3 rings (SSSR count). The highest BCUT2D eigenvalue weighted by Crippen LogP contribution is 2.38. The predicted molar refractivity (Wildman–Crippen MR) is 144 cm³/mol. The van der Waals surface area contributed by atoms with Gasteiger partial charge < -0.3 is 10.1 Å². The molecular formula is C31H41NO2. The van der Waals surface area contributed by atoms with Crippen LogP contribution < -0.4 is 10.1 Å². The highest BCUT2D eigenvalue weighted by atomic mass is 16.5. The second kappa shape index (κ2) is 11.1. The maximum atomic E-state index is 12.7. The van der Waals surface area contributed by atoms with E-state index in [9.17, 15) is 4.79 Å². The molecule has 0 aliphatic heterocycles. The summed E-state index contributed by atoms with van der Waals surface area (Å²) in [5, 5.41) is 5.15. The van der Waals surface area contributed by atoms with E-state index >= 15 is 0 Å². The molecule has 0 aliphatic carbocycles. The lowest BCUT2D eigenvalue weighted by molar-refractivity contribution is 0.0954. The van der Waals surface area contributed by atoms with Crippen LogP contribution in [0.3, 0.4) is 0 Å². The van der Waals surface area contributed by atoms with Crippen molar-refractivity contribution in [3.63, 3.8) is 0 Å². The normalized spacial score (nSPS) is 12.1. The van der Waals surface area contributed by atoms with Crippen molar-refractivity contribution in [2.45, 2.75) is 78.1 Å². The highest BCUT2D eigenvalue weighted by Gasteiger charge is 2.26. The SMILES string of the molecule is CCC(C)(C)c1ccc(OCCCCNC(=O)c2cccc3ccccc23)c(C(C)(C)CC)c1. The molecule has 0 spiro atoms. The molecule has 0 radical (unpaired) electrons. The van der Waals surface area contributed by atoms with E-state index < -0.39 is 0 Å². The molecule has 1 amide bonds. The third-order valence-corrected chi connectivity index (χ3v) is 7.41. The van der Waals surface area contributed by atoms with Crippen molar-refractivity contribution in [1.82, 2.24) is 5.32 Å². The van der Waals surface area contributed by atoms with Crippen molar-refractivity contribution in [2.75, 3.05) is 13.2 Å². The van der Waals surface area contributed by atoms with E-state index in [1.807, 2.05) is 42.5 Å². The fourth-order valence-electron chi connectivity index (χ4n) is 4.13. The molecular weight excluding hydrogens is 418 g/mol. The Hall–Kier alpha value is -2.81. The second-order valence-electron chi connectivity index (χ2n) is 10.5. The number of rotatable bonds is 11. The summed E-state index contributed by atoms with van der Waals surface area (Å²) in [5.41, 5.74) is 3.60. The molecule has 0 saturated heterocycles. The van der Waals surface area contributed by atoms with Crippen LogP contribution in [0.15, 0.2) is 60.7 Å². The van der Waals surface area contributed by atoms with Gasteiger partial charge in [-0.15, -0.1) is 0 Å². The summed E-state index contributed by atoms with van der Waals surface area (Å²) in [7, 11) is 0. The van der Waals surface area contributed by atoms with Crippen LogP contribution in [0.25, 0.3) is 10.8 Å². The first-order valence-corrected chi connectivity index (χ1v) is 12.7. The summed E-state index contributed by atoms with van der Waals surface area (Å²) >= 11 is 0. The van der Waals surface area contributed by atoms with Gasteiger partial charge in [0.15, 0.2) is 0 Å². The number of nitrogens with one attached hydrogen (secondary N) is 1. The Bertz CT molecular complexity index is 1110.